The molecule has 0 saturated carbocycles. The molecule has 0 radical (unpaired) electrons. The van der Waals surface area contributed by atoms with Gasteiger partial charge in [0, 0.05) is 4.92 Å². The summed E-state index contributed by atoms with van der Waals surface area (Å²) in [4.78, 5) is 8.98. The first kappa shape index (κ1) is 10.7. The molecule has 0 unspecified atom stereocenters. The summed E-state index contributed by atoms with van der Waals surface area (Å²) in [5.74, 6) is 0. The summed E-state index contributed by atoms with van der Waals surface area (Å²) in [5.41, 5.74) is 0.890. The van der Waals surface area contributed by atoms with E-state index in [1.807, 2.05) is 30.3 Å². The van der Waals surface area contributed by atoms with Gasteiger partial charge in [-0.1, -0.05) is 46.3 Å². The number of alkyl halides is 2. The number of nitrogens with zero attached hydrogens (tertiary/aromatic N) is 1. The monoisotopic (exact) mass is 307 g/mol. The van der Waals surface area contributed by atoms with Crippen LogP contribution in [0.2, 0.25) is 0 Å². The molecule has 0 aromatic heterocycles. The van der Waals surface area contributed by atoms with Crippen molar-refractivity contribution in [1.29, 1.82) is 0 Å². The van der Waals surface area contributed by atoms with Gasteiger partial charge in [0.25, 0.3) is 4.95 Å². The van der Waals surface area contributed by atoms with Gasteiger partial charge in [-0.2, -0.15) is 0 Å². The van der Waals surface area contributed by atoms with Crippen LogP contribution in [0, 0.1) is 10.1 Å². The highest BCUT2D eigenvalue weighted by Crippen LogP contribution is 2.30. The van der Waals surface area contributed by atoms with E-state index >= 15 is 0 Å². The Kier molecular flexibility index (Phi) is 3.87. The highest BCUT2D eigenvalue weighted by Gasteiger charge is 2.26. The van der Waals surface area contributed by atoms with E-state index < -0.39 is 4.95 Å². The molecule has 0 N–H and O–H groups in total. The molecule has 1 rings (SSSR count). The van der Waals surface area contributed by atoms with E-state index in [0.717, 1.165) is 5.56 Å². The third kappa shape index (κ3) is 2.77. The van der Waals surface area contributed by atoms with Gasteiger partial charge in [-0.3, -0.25) is 10.1 Å². The molecule has 3 nitrogen and oxygen atoms in total. The van der Waals surface area contributed by atoms with Crippen molar-refractivity contribution < 1.29 is 4.92 Å². The average Bonchev–Trinajstić information content (AvgIpc) is 2.17. The standard InChI is InChI=1S/C8H7Br2NO2/c9-7(8(10)11(12)13)6-4-2-1-3-5-6/h1-5,7-8H/t7-,8-/m1/s1. The Hall–Kier alpha value is -0.420. The third-order valence-electron chi connectivity index (χ3n) is 1.56. The quantitative estimate of drug-likeness (QED) is 0.373. The Morgan fingerprint density at radius 1 is 1.23 bits per heavy atom. The fraction of sp³-hybridized carbons (Fsp3) is 0.250. The summed E-state index contributed by atoms with van der Waals surface area (Å²) < 4.78 is 0. The number of rotatable bonds is 3. The molecule has 0 amide bonds. The minimum Gasteiger partial charge on any atom is -0.263 e. The molecule has 0 bridgehead atoms. The van der Waals surface area contributed by atoms with E-state index in [1.54, 1.807) is 0 Å². The second kappa shape index (κ2) is 4.72. The number of benzene rings is 1. The van der Waals surface area contributed by atoms with E-state index in [4.69, 9.17) is 0 Å². The first-order valence-corrected chi connectivity index (χ1v) is 5.42. The van der Waals surface area contributed by atoms with E-state index in [0.29, 0.717) is 0 Å². The molecular formula is C8H7Br2NO2. The van der Waals surface area contributed by atoms with Gasteiger partial charge in [0.05, 0.1) is 0 Å². The van der Waals surface area contributed by atoms with Crippen LogP contribution in [0.4, 0.5) is 0 Å². The first-order chi connectivity index (χ1) is 6.13. The Morgan fingerprint density at radius 2 is 1.77 bits per heavy atom. The maximum Gasteiger partial charge on any atom is 0.282 e. The van der Waals surface area contributed by atoms with Crippen molar-refractivity contribution in [2.45, 2.75) is 9.78 Å². The van der Waals surface area contributed by atoms with Crippen molar-refractivity contribution in [3.05, 3.63) is 46.0 Å². The SMILES string of the molecule is O=[N+]([O-])[C@@H](Br)[C@H](Br)c1ccccc1. The topological polar surface area (TPSA) is 43.1 Å². The van der Waals surface area contributed by atoms with Gasteiger partial charge in [0.2, 0.25) is 0 Å². The molecule has 0 aliphatic rings. The highest BCUT2D eigenvalue weighted by atomic mass is 79.9. The third-order valence-corrected chi connectivity index (χ3v) is 4.16. The minimum atomic E-state index is -0.796. The molecule has 70 valence electrons. The van der Waals surface area contributed by atoms with Gasteiger partial charge in [-0.05, 0) is 21.5 Å². The molecule has 0 fully saturated rings. The maximum absolute atomic E-state index is 10.4. The lowest BCUT2D eigenvalue weighted by atomic mass is 10.1. The van der Waals surface area contributed by atoms with Gasteiger partial charge in [0.1, 0.15) is 4.83 Å². The molecular weight excluding hydrogens is 302 g/mol. The Morgan fingerprint density at radius 3 is 2.23 bits per heavy atom. The van der Waals surface area contributed by atoms with Crippen LogP contribution < -0.4 is 0 Å². The average molecular weight is 309 g/mol. The molecule has 0 heterocycles. The van der Waals surface area contributed by atoms with Gasteiger partial charge < -0.3 is 0 Å². The second-order valence-electron chi connectivity index (χ2n) is 2.47. The van der Waals surface area contributed by atoms with Crippen LogP contribution in [0.5, 0.6) is 0 Å². The predicted molar refractivity (Wildman–Crippen MR) is 57.8 cm³/mol. The molecule has 1 aromatic carbocycles. The Balaban J connectivity index is 2.79. The number of hydrogen-bond donors (Lipinski definition) is 0. The van der Waals surface area contributed by atoms with Crippen LogP contribution in [0.3, 0.4) is 0 Å². The van der Waals surface area contributed by atoms with Crippen molar-refractivity contribution in [3.63, 3.8) is 0 Å². The highest BCUT2D eigenvalue weighted by molar-refractivity contribution is 9.12. The normalized spacial score (nSPS) is 14.9. The molecule has 0 aliphatic heterocycles. The van der Waals surface area contributed by atoms with Crippen molar-refractivity contribution in [2.75, 3.05) is 0 Å². The van der Waals surface area contributed by atoms with Crippen LogP contribution in [0.25, 0.3) is 0 Å². The zero-order chi connectivity index (χ0) is 9.84. The van der Waals surface area contributed by atoms with Crippen molar-refractivity contribution >= 4 is 31.9 Å². The summed E-state index contributed by atoms with van der Waals surface area (Å²) in [5, 5.41) is 10.4. The number of hydrogen-bond acceptors (Lipinski definition) is 2. The molecule has 0 saturated heterocycles. The lowest BCUT2D eigenvalue weighted by Gasteiger charge is -2.09. The van der Waals surface area contributed by atoms with E-state index in [-0.39, 0.29) is 9.75 Å². The fourth-order valence-corrected chi connectivity index (χ4v) is 1.71. The largest absolute Gasteiger partial charge is 0.282 e. The van der Waals surface area contributed by atoms with Crippen LogP contribution in [-0.4, -0.2) is 9.87 Å². The maximum atomic E-state index is 10.4. The van der Waals surface area contributed by atoms with E-state index in [2.05, 4.69) is 31.9 Å². The molecule has 13 heavy (non-hydrogen) atoms. The smallest absolute Gasteiger partial charge is 0.263 e. The predicted octanol–water partition coefficient (Wildman–Crippen LogP) is 3.12. The number of halogens is 2. The summed E-state index contributed by atoms with van der Waals surface area (Å²) in [6.07, 6.45) is 0. The fourth-order valence-electron chi connectivity index (χ4n) is 0.903. The Bertz CT molecular complexity index is 291. The number of nitro groups is 1. The zero-order valence-corrected chi connectivity index (χ0v) is 9.73. The molecule has 2 atom stereocenters. The van der Waals surface area contributed by atoms with Gasteiger partial charge in [-0.25, -0.2) is 0 Å². The van der Waals surface area contributed by atoms with Crippen molar-refractivity contribution in [3.8, 4) is 0 Å². The lowest BCUT2D eigenvalue weighted by Crippen LogP contribution is -2.16. The van der Waals surface area contributed by atoms with Crippen molar-refractivity contribution in [1.82, 2.24) is 0 Å². The van der Waals surface area contributed by atoms with Crippen LogP contribution in [0.15, 0.2) is 30.3 Å². The van der Waals surface area contributed by atoms with Gasteiger partial charge in [0.15, 0.2) is 0 Å². The molecule has 1 aromatic rings. The lowest BCUT2D eigenvalue weighted by molar-refractivity contribution is -0.492. The Labute approximate surface area is 92.5 Å². The summed E-state index contributed by atoms with van der Waals surface area (Å²) in [6, 6.07) is 9.26. The van der Waals surface area contributed by atoms with Crippen molar-refractivity contribution in [2.24, 2.45) is 0 Å². The van der Waals surface area contributed by atoms with E-state index in [9.17, 15) is 10.1 Å². The van der Waals surface area contributed by atoms with Crippen LogP contribution >= 0.6 is 31.9 Å². The zero-order valence-electron chi connectivity index (χ0n) is 6.56. The van der Waals surface area contributed by atoms with Crippen LogP contribution in [0.1, 0.15) is 10.4 Å². The molecule has 5 heteroatoms. The second-order valence-corrected chi connectivity index (χ2v) is 4.40. The summed E-state index contributed by atoms with van der Waals surface area (Å²) >= 11 is 6.26. The summed E-state index contributed by atoms with van der Waals surface area (Å²) in [6.45, 7) is 0. The van der Waals surface area contributed by atoms with Crippen LogP contribution in [-0.2, 0) is 0 Å². The van der Waals surface area contributed by atoms with Gasteiger partial charge >= 0.3 is 0 Å². The van der Waals surface area contributed by atoms with Gasteiger partial charge in [-0.15, -0.1) is 0 Å². The first-order valence-electron chi connectivity index (χ1n) is 3.59. The molecule has 0 spiro atoms. The summed E-state index contributed by atoms with van der Waals surface area (Å²) in [7, 11) is 0. The minimum absolute atomic E-state index is 0.302. The van der Waals surface area contributed by atoms with E-state index in [1.165, 1.54) is 0 Å². The molecule has 0 aliphatic carbocycles.